The summed E-state index contributed by atoms with van der Waals surface area (Å²) in [5, 5.41) is 5.75. The Hall–Kier alpha value is -1.96. The van der Waals surface area contributed by atoms with Crippen LogP contribution < -0.4 is 10.6 Å². The maximum atomic E-state index is 12.3. The predicted octanol–water partition coefficient (Wildman–Crippen LogP) is 2.36. The minimum Gasteiger partial charge on any atom is -0.400 e. The SMILES string of the molecule is CNCC(=Cc1c(C)ccc2c1C(=O)C(=O)N2)B1OC(C)(C)C(C)(C)O1. The Morgan fingerprint density at radius 3 is 2.38 bits per heavy atom. The van der Waals surface area contributed by atoms with E-state index >= 15 is 0 Å². The molecule has 138 valence electrons. The molecule has 1 aromatic rings. The van der Waals surface area contributed by atoms with Crippen LogP contribution in [0.25, 0.3) is 6.08 Å². The summed E-state index contributed by atoms with van der Waals surface area (Å²) in [6.07, 6.45) is 1.91. The lowest BCUT2D eigenvalue weighted by atomic mass is 9.76. The Bertz CT molecular complexity index is 798. The highest BCUT2D eigenvalue weighted by molar-refractivity contribution is 6.56. The van der Waals surface area contributed by atoms with Crippen molar-refractivity contribution in [3.8, 4) is 0 Å². The molecule has 2 aliphatic rings. The quantitative estimate of drug-likeness (QED) is 0.640. The smallest absolute Gasteiger partial charge is 0.400 e. The van der Waals surface area contributed by atoms with Gasteiger partial charge in [-0.15, -0.1) is 0 Å². The van der Waals surface area contributed by atoms with Crippen molar-refractivity contribution in [3.05, 3.63) is 34.3 Å². The summed E-state index contributed by atoms with van der Waals surface area (Å²) in [7, 11) is 1.32. The predicted molar refractivity (Wildman–Crippen MR) is 102 cm³/mol. The van der Waals surface area contributed by atoms with E-state index in [0.717, 1.165) is 16.6 Å². The summed E-state index contributed by atoms with van der Waals surface area (Å²) >= 11 is 0. The molecule has 0 aliphatic carbocycles. The number of carbonyl (C=O) groups excluding carboxylic acids is 2. The molecule has 1 fully saturated rings. The first-order chi connectivity index (χ1) is 12.1. The Balaban J connectivity index is 2.06. The maximum absolute atomic E-state index is 12.3. The molecule has 0 atom stereocenters. The second kappa shape index (κ2) is 6.34. The van der Waals surface area contributed by atoms with Gasteiger partial charge in [-0.3, -0.25) is 9.59 Å². The number of amides is 1. The fraction of sp³-hybridized carbons (Fsp3) is 0.474. The number of rotatable bonds is 4. The molecule has 2 heterocycles. The average molecular weight is 356 g/mol. The van der Waals surface area contributed by atoms with Gasteiger partial charge in [-0.2, -0.15) is 0 Å². The van der Waals surface area contributed by atoms with Crippen LogP contribution in [-0.2, 0) is 14.1 Å². The third-order valence-electron chi connectivity index (χ3n) is 5.41. The Kier molecular flexibility index (Phi) is 4.59. The molecule has 2 N–H and O–H groups in total. The van der Waals surface area contributed by atoms with Crippen LogP contribution in [0.1, 0.15) is 49.2 Å². The molecule has 2 aliphatic heterocycles. The Morgan fingerprint density at radius 2 is 1.81 bits per heavy atom. The number of carbonyl (C=O) groups is 2. The van der Waals surface area contributed by atoms with Gasteiger partial charge in [-0.25, -0.2) is 0 Å². The fourth-order valence-corrected chi connectivity index (χ4v) is 3.14. The molecule has 1 aromatic carbocycles. The zero-order valence-corrected chi connectivity index (χ0v) is 16.1. The zero-order valence-electron chi connectivity index (χ0n) is 16.1. The van der Waals surface area contributed by atoms with Gasteiger partial charge in [0.15, 0.2) is 0 Å². The average Bonchev–Trinajstić information content (AvgIpc) is 2.94. The van der Waals surface area contributed by atoms with Gasteiger partial charge in [0.25, 0.3) is 11.7 Å². The highest BCUT2D eigenvalue weighted by atomic mass is 16.7. The van der Waals surface area contributed by atoms with E-state index in [2.05, 4.69) is 10.6 Å². The van der Waals surface area contributed by atoms with Crippen molar-refractivity contribution in [3.63, 3.8) is 0 Å². The number of hydrogen-bond acceptors (Lipinski definition) is 5. The van der Waals surface area contributed by atoms with E-state index in [4.69, 9.17) is 9.31 Å². The van der Waals surface area contributed by atoms with Gasteiger partial charge in [0.2, 0.25) is 0 Å². The summed E-state index contributed by atoms with van der Waals surface area (Å²) in [6.45, 7) is 10.5. The lowest BCUT2D eigenvalue weighted by molar-refractivity contribution is -0.112. The van der Waals surface area contributed by atoms with E-state index in [1.807, 2.05) is 53.8 Å². The van der Waals surface area contributed by atoms with Crippen molar-refractivity contribution in [1.29, 1.82) is 0 Å². The molecule has 0 saturated carbocycles. The van der Waals surface area contributed by atoms with Gasteiger partial charge in [-0.1, -0.05) is 12.1 Å². The van der Waals surface area contributed by atoms with E-state index in [1.165, 1.54) is 0 Å². The topological polar surface area (TPSA) is 76.7 Å². The van der Waals surface area contributed by atoms with E-state index in [-0.39, 0.29) is 0 Å². The van der Waals surface area contributed by atoms with E-state index in [0.29, 0.717) is 17.8 Å². The van der Waals surface area contributed by atoms with Crippen molar-refractivity contribution in [2.75, 3.05) is 18.9 Å². The minimum absolute atomic E-state index is 0.417. The van der Waals surface area contributed by atoms with Crippen LogP contribution in [0.4, 0.5) is 5.69 Å². The highest BCUT2D eigenvalue weighted by Gasteiger charge is 2.52. The molecule has 0 radical (unpaired) electrons. The van der Waals surface area contributed by atoms with Crippen molar-refractivity contribution in [2.24, 2.45) is 0 Å². The lowest BCUT2D eigenvalue weighted by Crippen LogP contribution is -2.41. The van der Waals surface area contributed by atoms with Crippen molar-refractivity contribution in [1.82, 2.24) is 5.32 Å². The van der Waals surface area contributed by atoms with E-state index < -0.39 is 30.0 Å². The molecule has 7 heteroatoms. The van der Waals surface area contributed by atoms with Crippen molar-refractivity contribution in [2.45, 2.75) is 45.8 Å². The molecule has 1 saturated heterocycles. The van der Waals surface area contributed by atoms with Crippen LogP contribution in [0, 0.1) is 6.92 Å². The molecule has 0 unspecified atom stereocenters. The number of hydrogen-bond donors (Lipinski definition) is 2. The number of ketones is 1. The van der Waals surface area contributed by atoms with Gasteiger partial charge in [0, 0.05) is 6.54 Å². The summed E-state index contributed by atoms with van der Waals surface area (Å²) < 4.78 is 12.3. The molecule has 26 heavy (non-hydrogen) atoms. The third kappa shape index (κ3) is 3.00. The molecule has 0 aromatic heterocycles. The first kappa shape index (κ1) is 18.8. The first-order valence-electron chi connectivity index (χ1n) is 8.77. The largest absolute Gasteiger partial charge is 0.491 e. The molecule has 0 bridgehead atoms. The number of anilines is 1. The van der Waals surface area contributed by atoms with E-state index in [9.17, 15) is 9.59 Å². The van der Waals surface area contributed by atoms with Crippen LogP contribution in [0.5, 0.6) is 0 Å². The second-order valence-electron chi connectivity index (χ2n) is 7.84. The maximum Gasteiger partial charge on any atom is 0.491 e. The van der Waals surface area contributed by atoms with Gasteiger partial charge < -0.3 is 19.9 Å². The lowest BCUT2D eigenvalue weighted by Gasteiger charge is -2.32. The highest BCUT2D eigenvalue weighted by Crippen LogP contribution is 2.39. The summed E-state index contributed by atoms with van der Waals surface area (Å²) in [5.74, 6) is -1.10. The Labute approximate surface area is 154 Å². The molecule has 1 amide bonds. The van der Waals surface area contributed by atoms with Gasteiger partial charge in [0.1, 0.15) is 0 Å². The third-order valence-corrected chi connectivity index (χ3v) is 5.41. The van der Waals surface area contributed by atoms with Gasteiger partial charge >= 0.3 is 7.12 Å². The molecular weight excluding hydrogens is 331 g/mol. The van der Waals surface area contributed by atoms with Gasteiger partial charge in [0.05, 0.1) is 22.5 Å². The van der Waals surface area contributed by atoms with Crippen LogP contribution in [-0.4, -0.2) is 43.6 Å². The molecule has 0 spiro atoms. The molecular formula is C19H25BN2O4. The number of likely N-dealkylation sites (N-methyl/N-ethyl adjacent to an activating group) is 1. The normalized spacial score (nSPS) is 21.2. The van der Waals surface area contributed by atoms with Crippen molar-refractivity contribution < 1.29 is 18.9 Å². The summed E-state index contributed by atoms with van der Waals surface area (Å²) in [4.78, 5) is 24.1. The summed E-state index contributed by atoms with van der Waals surface area (Å²) in [6, 6.07) is 3.65. The summed E-state index contributed by atoms with van der Waals surface area (Å²) in [5.41, 5.74) is 2.57. The number of Topliss-reactive ketones (excluding diaryl/α,β-unsaturated/α-hetero) is 1. The van der Waals surface area contributed by atoms with Crippen LogP contribution in [0.2, 0.25) is 0 Å². The number of benzene rings is 1. The second-order valence-corrected chi connectivity index (χ2v) is 7.84. The van der Waals surface area contributed by atoms with Crippen LogP contribution in [0.15, 0.2) is 17.6 Å². The van der Waals surface area contributed by atoms with Gasteiger partial charge in [-0.05, 0) is 64.3 Å². The van der Waals surface area contributed by atoms with Crippen LogP contribution in [0.3, 0.4) is 0 Å². The standard InChI is InChI=1S/C19H25BN2O4/c1-11-7-8-14-15(16(23)17(24)22-14)13(11)9-12(10-21-6)20-25-18(2,3)19(4,5)26-20/h7-9,21H,10H2,1-6H3,(H,22,23,24). The zero-order chi connectivity index (χ0) is 19.3. The van der Waals surface area contributed by atoms with Crippen molar-refractivity contribution >= 4 is 30.6 Å². The Morgan fingerprint density at radius 1 is 1.19 bits per heavy atom. The number of nitrogens with one attached hydrogen (secondary N) is 2. The van der Waals surface area contributed by atoms with Crippen LogP contribution >= 0.6 is 0 Å². The first-order valence-corrected chi connectivity index (χ1v) is 8.77. The number of fused-ring (bicyclic) bond motifs is 1. The minimum atomic E-state index is -0.592. The number of aryl methyl sites for hydroxylation is 1. The monoisotopic (exact) mass is 356 g/mol. The molecule has 6 nitrogen and oxygen atoms in total. The molecule has 3 rings (SSSR count). The van der Waals surface area contributed by atoms with E-state index in [1.54, 1.807) is 6.07 Å². The fourth-order valence-electron chi connectivity index (χ4n) is 3.14.